The highest BCUT2D eigenvalue weighted by Gasteiger charge is 2.12. The first-order valence-electron chi connectivity index (χ1n) is 9.99. The summed E-state index contributed by atoms with van der Waals surface area (Å²) in [5, 5.41) is 6.70. The highest BCUT2D eigenvalue weighted by atomic mass is 35.5. The lowest BCUT2D eigenvalue weighted by Crippen LogP contribution is -2.37. The molecule has 1 aromatic heterocycles. The molecule has 0 spiro atoms. The van der Waals surface area contributed by atoms with Gasteiger partial charge in [0, 0.05) is 17.1 Å². The molecule has 0 fully saturated rings. The van der Waals surface area contributed by atoms with E-state index < -0.39 is 0 Å². The van der Waals surface area contributed by atoms with Crippen LogP contribution in [0.2, 0.25) is 10.0 Å². The molecule has 0 atom stereocenters. The van der Waals surface area contributed by atoms with E-state index in [9.17, 15) is 4.79 Å². The fraction of sp³-hybridized carbons (Fsp3) is 0.125. The Morgan fingerprint density at radius 2 is 1.91 bits per heavy atom. The number of thiocarbonyl (C=S) groups is 1. The summed E-state index contributed by atoms with van der Waals surface area (Å²) in [7, 11) is 0. The quantitative estimate of drug-likeness (QED) is 0.320. The summed E-state index contributed by atoms with van der Waals surface area (Å²) in [6, 6.07) is 18.3. The first kappa shape index (κ1) is 23.0. The predicted octanol–water partition coefficient (Wildman–Crippen LogP) is 5.93. The Bertz CT molecular complexity index is 1320. The van der Waals surface area contributed by atoms with E-state index in [1.54, 1.807) is 18.2 Å². The van der Waals surface area contributed by atoms with Crippen LogP contribution in [0.25, 0.3) is 11.1 Å². The van der Waals surface area contributed by atoms with Crippen LogP contribution in [0.15, 0.2) is 65.1 Å². The van der Waals surface area contributed by atoms with E-state index in [4.69, 9.17) is 44.6 Å². The van der Waals surface area contributed by atoms with Crippen molar-refractivity contribution < 1.29 is 13.9 Å². The number of hydrogen-bond donors (Lipinski definition) is 2. The summed E-state index contributed by atoms with van der Waals surface area (Å²) in [6.07, 6.45) is 0.486. The Morgan fingerprint density at radius 1 is 1.12 bits per heavy atom. The molecule has 168 valence electrons. The van der Waals surface area contributed by atoms with Gasteiger partial charge in [0.1, 0.15) is 11.3 Å². The number of oxazole rings is 1. The number of rotatable bonds is 6. The number of benzene rings is 3. The van der Waals surface area contributed by atoms with Gasteiger partial charge in [0.25, 0.3) is 5.91 Å². The molecule has 33 heavy (non-hydrogen) atoms. The van der Waals surface area contributed by atoms with Gasteiger partial charge in [-0.3, -0.25) is 10.1 Å². The number of fused-ring (bicyclic) bond motifs is 1. The third kappa shape index (κ3) is 6.22. The molecule has 1 heterocycles. The lowest BCUT2D eigenvalue weighted by atomic mass is 10.1. The Morgan fingerprint density at radius 3 is 2.67 bits per heavy atom. The topological polar surface area (TPSA) is 76.4 Å². The minimum Gasteiger partial charge on any atom is -0.484 e. The van der Waals surface area contributed by atoms with E-state index in [1.165, 1.54) is 0 Å². The number of aryl methyl sites for hydroxylation is 1. The van der Waals surface area contributed by atoms with Crippen LogP contribution in [0.4, 0.5) is 5.69 Å². The maximum Gasteiger partial charge on any atom is 0.264 e. The normalized spacial score (nSPS) is 10.8. The van der Waals surface area contributed by atoms with Gasteiger partial charge in [-0.15, -0.1) is 0 Å². The molecule has 0 aliphatic rings. The average molecular weight is 500 g/mol. The van der Waals surface area contributed by atoms with Crippen LogP contribution in [0.1, 0.15) is 17.0 Å². The van der Waals surface area contributed by atoms with Gasteiger partial charge < -0.3 is 14.5 Å². The molecule has 0 unspecified atom stereocenters. The minimum absolute atomic E-state index is 0.135. The SMILES string of the molecule is Cc1cccc(OCC(=O)NC(=S)Nc2ccc(Cc3nc4cc(Cl)cc(Cl)c4o3)cc2)c1. The highest BCUT2D eigenvalue weighted by molar-refractivity contribution is 7.80. The van der Waals surface area contributed by atoms with Gasteiger partial charge >= 0.3 is 0 Å². The van der Waals surface area contributed by atoms with Crippen molar-refractivity contribution in [2.45, 2.75) is 13.3 Å². The third-order valence-corrected chi connectivity index (χ3v) is 5.34. The first-order valence-corrected chi connectivity index (χ1v) is 11.2. The average Bonchev–Trinajstić information content (AvgIpc) is 3.16. The van der Waals surface area contributed by atoms with Crippen LogP contribution in [0.3, 0.4) is 0 Å². The lowest BCUT2D eigenvalue weighted by Gasteiger charge is -2.11. The molecule has 0 saturated heterocycles. The summed E-state index contributed by atoms with van der Waals surface area (Å²) >= 11 is 17.4. The van der Waals surface area contributed by atoms with E-state index in [0.717, 1.165) is 16.8 Å². The van der Waals surface area contributed by atoms with Crippen LogP contribution in [0.5, 0.6) is 5.75 Å². The van der Waals surface area contributed by atoms with Crippen LogP contribution < -0.4 is 15.4 Å². The number of amides is 1. The molecule has 0 radical (unpaired) electrons. The van der Waals surface area contributed by atoms with Crippen molar-refractivity contribution in [3.8, 4) is 5.75 Å². The van der Waals surface area contributed by atoms with Crippen LogP contribution in [-0.2, 0) is 11.2 Å². The van der Waals surface area contributed by atoms with Crippen LogP contribution in [-0.4, -0.2) is 22.6 Å². The van der Waals surface area contributed by atoms with Crippen molar-refractivity contribution in [2.75, 3.05) is 11.9 Å². The molecule has 3 aromatic carbocycles. The largest absolute Gasteiger partial charge is 0.484 e. The van der Waals surface area contributed by atoms with E-state index in [0.29, 0.717) is 39.2 Å². The summed E-state index contributed by atoms with van der Waals surface area (Å²) in [6.45, 7) is 1.82. The molecule has 0 saturated carbocycles. The smallest absolute Gasteiger partial charge is 0.264 e. The van der Waals surface area contributed by atoms with E-state index in [-0.39, 0.29) is 17.6 Å². The van der Waals surface area contributed by atoms with Crippen molar-refractivity contribution in [3.05, 3.63) is 87.7 Å². The maximum atomic E-state index is 12.1. The Kier molecular flexibility index (Phi) is 7.13. The Balaban J connectivity index is 1.29. The molecule has 0 aliphatic heterocycles. The van der Waals surface area contributed by atoms with Crippen molar-refractivity contribution in [1.82, 2.24) is 10.3 Å². The molecular weight excluding hydrogens is 481 g/mol. The second-order valence-electron chi connectivity index (χ2n) is 7.32. The van der Waals surface area contributed by atoms with Crippen LogP contribution >= 0.6 is 35.4 Å². The number of hydrogen-bond acceptors (Lipinski definition) is 5. The number of carbonyl (C=O) groups is 1. The van der Waals surface area contributed by atoms with Gasteiger partial charge in [-0.2, -0.15) is 0 Å². The fourth-order valence-corrected chi connectivity index (χ4v) is 3.89. The summed E-state index contributed by atoms with van der Waals surface area (Å²) < 4.78 is 11.2. The maximum absolute atomic E-state index is 12.1. The van der Waals surface area contributed by atoms with E-state index >= 15 is 0 Å². The Labute approximate surface area is 205 Å². The van der Waals surface area contributed by atoms with Gasteiger partial charge in [-0.05, 0) is 66.7 Å². The molecule has 4 aromatic rings. The standard InChI is InChI=1S/C24H19Cl2N3O3S/c1-14-3-2-4-18(9-14)31-13-21(30)29-24(33)27-17-7-5-15(6-8-17)10-22-28-20-12-16(25)11-19(26)23(20)32-22/h2-9,11-12H,10,13H2,1H3,(H2,27,29,30,33). The van der Waals surface area contributed by atoms with Gasteiger partial charge in [0.15, 0.2) is 23.2 Å². The molecule has 0 aliphatic carbocycles. The highest BCUT2D eigenvalue weighted by Crippen LogP contribution is 2.29. The van der Waals surface area contributed by atoms with Crippen molar-refractivity contribution >= 4 is 63.2 Å². The molecule has 0 bridgehead atoms. The Hall–Kier alpha value is -3.13. The van der Waals surface area contributed by atoms with Crippen molar-refractivity contribution in [2.24, 2.45) is 0 Å². The zero-order valence-electron chi connectivity index (χ0n) is 17.5. The zero-order chi connectivity index (χ0) is 23.4. The minimum atomic E-state index is -0.347. The predicted molar refractivity (Wildman–Crippen MR) is 134 cm³/mol. The second-order valence-corrected chi connectivity index (χ2v) is 8.58. The van der Waals surface area contributed by atoms with Crippen LogP contribution in [0, 0.1) is 6.92 Å². The summed E-state index contributed by atoms with van der Waals surface area (Å²) in [5.41, 5.74) is 3.90. The van der Waals surface area contributed by atoms with Gasteiger partial charge in [0.05, 0.1) is 5.02 Å². The third-order valence-electron chi connectivity index (χ3n) is 4.63. The number of nitrogens with one attached hydrogen (secondary N) is 2. The molecular formula is C24H19Cl2N3O3S. The molecule has 4 rings (SSSR count). The number of anilines is 1. The number of nitrogens with zero attached hydrogens (tertiary/aromatic N) is 1. The molecule has 2 N–H and O–H groups in total. The number of halogens is 2. The van der Waals surface area contributed by atoms with Gasteiger partial charge in [-0.1, -0.05) is 47.5 Å². The van der Waals surface area contributed by atoms with Gasteiger partial charge in [0.2, 0.25) is 0 Å². The first-order chi connectivity index (χ1) is 15.9. The monoisotopic (exact) mass is 499 g/mol. The molecule has 9 heteroatoms. The lowest BCUT2D eigenvalue weighted by molar-refractivity contribution is -0.121. The van der Waals surface area contributed by atoms with E-state index in [2.05, 4.69) is 15.6 Å². The second kappa shape index (κ2) is 10.2. The number of ether oxygens (including phenoxy) is 1. The van der Waals surface area contributed by atoms with Crippen molar-refractivity contribution in [1.29, 1.82) is 0 Å². The summed E-state index contributed by atoms with van der Waals surface area (Å²) in [4.78, 5) is 16.5. The van der Waals surface area contributed by atoms with Gasteiger partial charge in [-0.25, -0.2) is 4.98 Å². The number of carbonyl (C=O) groups excluding carboxylic acids is 1. The van der Waals surface area contributed by atoms with Crippen molar-refractivity contribution in [3.63, 3.8) is 0 Å². The zero-order valence-corrected chi connectivity index (χ0v) is 19.9. The number of aromatic nitrogens is 1. The summed E-state index contributed by atoms with van der Waals surface area (Å²) in [5.74, 6) is 0.815. The fourth-order valence-electron chi connectivity index (χ4n) is 3.14. The molecule has 1 amide bonds. The molecule has 6 nitrogen and oxygen atoms in total. The van der Waals surface area contributed by atoms with E-state index in [1.807, 2.05) is 49.4 Å².